The molecule has 24 heavy (non-hydrogen) atoms. The van der Waals surface area contributed by atoms with Gasteiger partial charge in [-0.3, -0.25) is 4.99 Å². The number of guanidine groups is 1. The maximum absolute atomic E-state index is 13.6. The predicted molar refractivity (Wildman–Crippen MR) is 91.0 cm³/mol. The van der Waals surface area contributed by atoms with Crippen molar-refractivity contribution in [3.8, 4) is 11.5 Å². The average Bonchev–Trinajstić information content (AvgIpc) is 2.63. The molecular weight excluding hydrogens is 309 g/mol. The van der Waals surface area contributed by atoms with E-state index in [2.05, 4.69) is 15.6 Å². The molecule has 1 unspecified atom stereocenters. The van der Waals surface area contributed by atoms with Gasteiger partial charge >= 0.3 is 0 Å². The normalized spacial score (nSPS) is 16.6. The smallest absolute Gasteiger partial charge is 0.191 e. The van der Waals surface area contributed by atoms with E-state index in [-0.39, 0.29) is 11.9 Å². The van der Waals surface area contributed by atoms with Gasteiger partial charge in [0.1, 0.15) is 18.5 Å². The van der Waals surface area contributed by atoms with E-state index >= 15 is 0 Å². The van der Waals surface area contributed by atoms with Crippen molar-refractivity contribution in [2.75, 3.05) is 20.2 Å². The number of fused-ring (bicyclic) bond motifs is 1. The van der Waals surface area contributed by atoms with Gasteiger partial charge < -0.3 is 20.1 Å². The number of para-hydroxylation sites is 2. The van der Waals surface area contributed by atoms with E-state index in [9.17, 15) is 4.39 Å². The summed E-state index contributed by atoms with van der Waals surface area (Å²) in [6, 6.07) is 14.2. The standard InChI is InChI=1S/C18H20FN3O2/c1-20-18(21-10-13-6-2-3-7-15(13)19)22-11-14-12-23-16-8-4-5-9-17(16)24-14/h2-9,14H,10-12H2,1H3,(H2,20,21,22). The van der Waals surface area contributed by atoms with Crippen LogP contribution >= 0.6 is 0 Å². The Hall–Kier alpha value is -2.76. The number of rotatable bonds is 4. The number of hydrogen-bond donors (Lipinski definition) is 2. The molecule has 0 radical (unpaired) electrons. The Balaban J connectivity index is 1.49. The fourth-order valence-corrected chi connectivity index (χ4v) is 2.42. The molecule has 6 heteroatoms. The molecule has 0 fully saturated rings. The second-order valence-corrected chi connectivity index (χ2v) is 5.40. The minimum Gasteiger partial charge on any atom is -0.486 e. The fourth-order valence-electron chi connectivity index (χ4n) is 2.42. The first-order valence-corrected chi connectivity index (χ1v) is 7.82. The summed E-state index contributed by atoms with van der Waals surface area (Å²) < 4.78 is 25.2. The zero-order chi connectivity index (χ0) is 16.8. The highest BCUT2D eigenvalue weighted by molar-refractivity contribution is 5.79. The van der Waals surface area contributed by atoms with E-state index in [4.69, 9.17) is 9.47 Å². The van der Waals surface area contributed by atoms with Crippen molar-refractivity contribution in [2.45, 2.75) is 12.6 Å². The van der Waals surface area contributed by atoms with Crippen LogP contribution < -0.4 is 20.1 Å². The number of nitrogens with one attached hydrogen (secondary N) is 2. The Morgan fingerprint density at radius 3 is 2.67 bits per heavy atom. The Kier molecular flexibility index (Phi) is 5.15. The van der Waals surface area contributed by atoms with Gasteiger partial charge in [-0.05, 0) is 18.2 Å². The summed E-state index contributed by atoms with van der Waals surface area (Å²) in [5.41, 5.74) is 0.589. The highest BCUT2D eigenvalue weighted by Gasteiger charge is 2.20. The lowest BCUT2D eigenvalue weighted by molar-refractivity contribution is 0.0936. The first kappa shape index (κ1) is 16.1. The molecule has 5 nitrogen and oxygen atoms in total. The van der Waals surface area contributed by atoms with Gasteiger partial charge in [0.05, 0.1) is 6.54 Å². The van der Waals surface area contributed by atoms with Gasteiger partial charge in [0, 0.05) is 19.2 Å². The second kappa shape index (κ2) is 7.68. The lowest BCUT2D eigenvalue weighted by Gasteiger charge is -2.27. The van der Waals surface area contributed by atoms with Crippen molar-refractivity contribution in [1.29, 1.82) is 0 Å². The average molecular weight is 329 g/mol. The van der Waals surface area contributed by atoms with Gasteiger partial charge in [-0.2, -0.15) is 0 Å². The summed E-state index contributed by atoms with van der Waals surface area (Å²) in [6.07, 6.45) is -0.119. The third-order valence-electron chi connectivity index (χ3n) is 3.69. The summed E-state index contributed by atoms with van der Waals surface area (Å²) in [5.74, 6) is 1.85. The van der Waals surface area contributed by atoms with Crippen LogP contribution in [0.5, 0.6) is 11.5 Å². The van der Waals surface area contributed by atoms with Crippen LogP contribution in [-0.4, -0.2) is 32.3 Å². The minimum absolute atomic E-state index is 0.119. The number of hydrogen-bond acceptors (Lipinski definition) is 3. The molecule has 2 N–H and O–H groups in total. The monoisotopic (exact) mass is 329 g/mol. The zero-order valence-corrected chi connectivity index (χ0v) is 13.5. The van der Waals surface area contributed by atoms with E-state index in [0.29, 0.717) is 31.2 Å². The van der Waals surface area contributed by atoms with Crippen LogP contribution in [-0.2, 0) is 6.54 Å². The van der Waals surface area contributed by atoms with E-state index in [1.54, 1.807) is 25.2 Å². The number of nitrogens with zero attached hydrogens (tertiary/aromatic N) is 1. The van der Waals surface area contributed by atoms with Crippen LogP contribution in [0.2, 0.25) is 0 Å². The van der Waals surface area contributed by atoms with Crippen LogP contribution in [0.15, 0.2) is 53.5 Å². The van der Waals surface area contributed by atoms with Crippen molar-refractivity contribution in [1.82, 2.24) is 10.6 Å². The number of aliphatic imine (C=N–C) groups is 1. The Morgan fingerprint density at radius 1 is 1.12 bits per heavy atom. The maximum Gasteiger partial charge on any atom is 0.191 e. The van der Waals surface area contributed by atoms with E-state index in [1.807, 2.05) is 24.3 Å². The highest BCUT2D eigenvalue weighted by Crippen LogP contribution is 2.30. The highest BCUT2D eigenvalue weighted by atomic mass is 19.1. The predicted octanol–water partition coefficient (Wildman–Crippen LogP) is 2.33. The summed E-state index contributed by atoms with van der Waals surface area (Å²) in [4.78, 5) is 4.14. The van der Waals surface area contributed by atoms with Gasteiger partial charge in [0.2, 0.25) is 0 Å². The van der Waals surface area contributed by atoms with E-state index in [0.717, 1.165) is 11.5 Å². The molecule has 0 aliphatic carbocycles. The van der Waals surface area contributed by atoms with Gasteiger partial charge in [0.15, 0.2) is 17.5 Å². The van der Waals surface area contributed by atoms with Crippen LogP contribution in [0.4, 0.5) is 4.39 Å². The molecule has 2 aromatic rings. The molecule has 0 bridgehead atoms. The van der Waals surface area contributed by atoms with Gasteiger partial charge in [-0.1, -0.05) is 30.3 Å². The van der Waals surface area contributed by atoms with Gasteiger partial charge in [0.25, 0.3) is 0 Å². The van der Waals surface area contributed by atoms with Crippen LogP contribution in [0.3, 0.4) is 0 Å². The van der Waals surface area contributed by atoms with Crippen LogP contribution in [0, 0.1) is 5.82 Å². The van der Waals surface area contributed by atoms with Crippen molar-refractivity contribution in [2.24, 2.45) is 4.99 Å². The summed E-state index contributed by atoms with van der Waals surface area (Å²) >= 11 is 0. The molecule has 2 aromatic carbocycles. The molecule has 0 amide bonds. The zero-order valence-electron chi connectivity index (χ0n) is 13.5. The first-order chi connectivity index (χ1) is 11.8. The molecule has 0 saturated carbocycles. The molecular formula is C18H20FN3O2. The van der Waals surface area contributed by atoms with Crippen molar-refractivity contribution in [3.05, 3.63) is 59.9 Å². The Morgan fingerprint density at radius 2 is 1.88 bits per heavy atom. The Bertz CT molecular complexity index is 721. The minimum atomic E-state index is -0.235. The molecule has 0 aromatic heterocycles. The number of benzene rings is 2. The maximum atomic E-state index is 13.6. The quantitative estimate of drug-likeness (QED) is 0.668. The number of halogens is 1. The van der Waals surface area contributed by atoms with Crippen molar-refractivity contribution in [3.63, 3.8) is 0 Å². The molecule has 1 heterocycles. The molecule has 0 spiro atoms. The third-order valence-corrected chi connectivity index (χ3v) is 3.69. The van der Waals surface area contributed by atoms with Crippen molar-refractivity contribution < 1.29 is 13.9 Å². The summed E-state index contributed by atoms with van der Waals surface area (Å²) in [7, 11) is 1.67. The van der Waals surface area contributed by atoms with Crippen molar-refractivity contribution >= 4 is 5.96 Å². The fraction of sp³-hybridized carbons (Fsp3) is 0.278. The Labute approximate surface area is 140 Å². The molecule has 3 rings (SSSR count). The SMILES string of the molecule is CN=C(NCc1ccccc1F)NCC1COc2ccccc2O1. The third kappa shape index (κ3) is 3.95. The molecule has 0 saturated heterocycles. The lowest BCUT2D eigenvalue weighted by Crippen LogP contribution is -2.45. The molecule has 1 atom stereocenters. The first-order valence-electron chi connectivity index (χ1n) is 7.82. The lowest BCUT2D eigenvalue weighted by atomic mass is 10.2. The molecule has 1 aliphatic heterocycles. The second-order valence-electron chi connectivity index (χ2n) is 5.40. The molecule has 126 valence electrons. The van der Waals surface area contributed by atoms with Gasteiger partial charge in [-0.15, -0.1) is 0 Å². The summed E-state index contributed by atoms with van der Waals surface area (Å²) in [5, 5.41) is 6.26. The summed E-state index contributed by atoms with van der Waals surface area (Å²) in [6.45, 7) is 1.36. The van der Waals surface area contributed by atoms with E-state index in [1.165, 1.54) is 6.07 Å². The van der Waals surface area contributed by atoms with Gasteiger partial charge in [-0.25, -0.2) is 4.39 Å². The molecule has 1 aliphatic rings. The topological polar surface area (TPSA) is 54.9 Å². The largest absolute Gasteiger partial charge is 0.486 e. The van der Waals surface area contributed by atoms with Crippen LogP contribution in [0.25, 0.3) is 0 Å². The van der Waals surface area contributed by atoms with E-state index < -0.39 is 0 Å². The van der Waals surface area contributed by atoms with Crippen LogP contribution in [0.1, 0.15) is 5.56 Å². The number of ether oxygens (including phenoxy) is 2.